The zero-order valence-electron chi connectivity index (χ0n) is 17.0. The van der Waals surface area contributed by atoms with Crippen LogP contribution in [0.25, 0.3) is 22.2 Å². The summed E-state index contributed by atoms with van der Waals surface area (Å²) in [5.74, 6) is -0.353. The van der Waals surface area contributed by atoms with Crippen LogP contribution in [0.3, 0.4) is 0 Å². The van der Waals surface area contributed by atoms with Crippen LogP contribution in [0.5, 0.6) is 0 Å². The van der Waals surface area contributed by atoms with E-state index >= 15 is 0 Å². The topological polar surface area (TPSA) is 92.3 Å². The zero-order chi connectivity index (χ0) is 22.0. The highest BCUT2D eigenvalue weighted by Gasteiger charge is 2.19. The normalized spacial score (nSPS) is 11.6. The summed E-state index contributed by atoms with van der Waals surface area (Å²) in [7, 11) is -0.686. The van der Waals surface area contributed by atoms with Gasteiger partial charge in [-0.1, -0.05) is 24.3 Å². The molecule has 0 radical (unpaired) electrons. The lowest BCUT2D eigenvalue weighted by Crippen LogP contribution is -2.22. The van der Waals surface area contributed by atoms with Crippen molar-refractivity contribution in [3.63, 3.8) is 0 Å². The van der Waals surface area contributed by atoms with Gasteiger partial charge in [-0.2, -0.15) is 0 Å². The lowest BCUT2D eigenvalue weighted by molar-refractivity contribution is 0.102. The maximum absolute atomic E-state index is 13.2. The van der Waals surface area contributed by atoms with Crippen molar-refractivity contribution in [2.45, 2.75) is 4.90 Å². The van der Waals surface area contributed by atoms with Gasteiger partial charge >= 0.3 is 0 Å². The second-order valence-corrected chi connectivity index (χ2v) is 9.23. The van der Waals surface area contributed by atoms with Gasteiger partial charge in [-0.15, -0.1) is 0 Å². The number of pyridine rings is 2. The molecule has 0 saturated heterocycles. The van der Waals surface area contributed by atoms with Crippen LogP contribution in [0, 0.1) is 0 Å². The molecule has 1 amide bonds. The standard InChI is InChI=1S/C23H20N4O3S/c1-27(2)31(29,30)18-7-5-6-17(14-18)25-23(28)20-15-22(16-10-12-24-13-11-16)26-21-9-4-3-8-19(20)21/h3-15H,1-2H3,(H,25,28). The molecule has 0 aliphatic rings. The summed E-state index contributed by atoms with van der Waals surface area (Å²) in [5.41, 5.74) is 3.01. The fraction of sp³-hybridized carbons (Fsp3) is 0.0870. The first-order chi connectivity index (χ1) is 14.9. The fourth-order valence-corrected chi connectivity index (χ4v) is 4.13. The summed E-state index contributed by atoms with van der Waals surface area (Å²) in [5, 5.41) is 3.52. The van der Waals surface area contributed by atoms with Gasteiger partial charge in [0.05, 0.1) is 21.7 Å². The van der Waals surface area contributed by atoms with E-state index in [9.17, 15) is 13.2 Å². The van der Waals surface area contributed by atoms with Crippen molar-refractivity contribution in [1.82, 2.24) is 14.3 Å². The van der Waals surface area contributed by atoms with Crippen molar-refractivity contribution in [2.75, 3.05) is 19.4 Å². The van der Waals surface area contributed by atoms with E-state index in [-0.39, 0.29) is 10.8 Å². The highest BCUT2D eigenvalue weighted by atomic mass is 32.2. The number of carbonyl (C=O) groups excluding carboxylic acids is 1. The number of fused-ring (bicyclic) bond motifs is 1. The molecule has 7 nitrogen and oxygen atoms in total. The number of hydrogen-bond donors (Lipinski definition) is 1. The minimum atomic E-state index is -3.61. The Hall–Kier alpha value is -3.62. The molecular formula is C23H20N4O3S. The Bertz CT molecular complexity index is 1370. The van der Waals surface area contributed by atoms with E-state index in [1.807, 2.05) is 36.4 Å². The number of hydrogen-bond acceptors (Lipinski definition) is 5. The molecule has 2 aromatic carbocycles. The Morgan fingerprint density at radius 1 is 0.935 bits per heavy atom. The SMILES string of the molecule is CN(C)S(=O)(=O)c1cccc(NC(=O)c2cc(-c3ccncc3)nc3ccccc23)c1. The number of amides is 1. The summed E-state index contributed by atoms with van der Waals surface area (Å²) in [6.45, 7) is 0. The van der Waals surface area contributed by atoms with Crippen molar-refractivity contribution in [1.29, 1.82) is 0 Å². The molecule has 8 heteroatoms. The number of aromatic nitrogens is 2. The van der Waals surface area contributed by atoms with Gasteiger partial charge < -0.3 is 5.32 Å². The summed E-state index contributed by atoms with van der Waals surface area (Å²) in [6, 6.07) is 19.0. The average Bonchev–Trinajstić information content (AvgIpc) is 2.79. The smallest absolute Gasteiger partial charge is 0.256 e. The van der Waals surface area contributed by atoms with Gasteiger partial charge in [-0.3, -0.25) is 9.78 Å². The Morgan fingerprint density at radius 3 is 2.42 bits per heavy atom. The monoisotopic (exact) mass is 432 g/mol. The first-order valence-corrected chi connectivity index (χ1v) is 10.9. The predicted octanol–water partition coefficient (Wildman–Crippen LogP) is 3.80. The third-order valence-electron chi connectivity index (χ3n) is 4.81. The third-order valence-corrected chi connectivity index (χ3v) is 6.62. The minimum Gasteiger partial charge on any atom is -0.322 e. The van der Waals surface area contributed by atoms with Crippen LogP contribution in [-0.4, -0.2) is 42.7 Å². The van der Waals surface area contributed by atoms with Crippen molar-refractivity contribution in [2.24, 2.45) is 0 Å². The quantitative estimate of drug-likeness (QED) is 0.518. The molecule has 1 N–H and O–H groups in total. The summed E-state index contributed by atoms with van der Waals surface area (Å²) >= 11 is 0. The molecule has 0 bridgehead atoms. The summed E-state index contributed by atoms with van der Waals surface area (Å²) < 4.78 is 26.0. The van der Waals surface area contributed by atoms with Crippen LogP contribution in [0.2, 0.25) is 0 Å². The van der Waals surface area contributed by atoms with E-state index in [4.69, 9.17) is 0 Å². The number of benzene rings is 2. The van der Waals surface area contributed by atoms with E-state index in [1.165, 1.54) is 26.2 Å². The lowest BCUT2D eigenvalue weighted by atomic mass is 10.0. The average molecular weight is 433 g/mol. The number of carbonyl (C=O) groups is 1. The minimum absolute atomic E-state index is 0.104. The maximum Gasteiger partial charge on any atom is 0.256 e. The van der Waals surface area contributed by atoms with Crippen LogP contribution >= 0.6 is 0 Å². The molecule has 2 aromatic heterocycles. The van der Waals surface area contributed by atoms with Gasteiger partial charge in [0.1, 0.15) is 0 Å². The van der Waals surface area contributed by atoms with Gasteiger partial charge in [0, 0.05) is 43.1 Å². The number of para-hydroxylation sites is 1. The molecule has 0 unspecified atom stereocenters. The Balaban J connectivity index is 1.75. The summed E-state index contributed by atoms with van der Waals surface area (Å²) in [6.07, 6.45) is 3.34. The molecule has 0 fully saturated rings. The van der Waals surface area contributed by atoms with Gasteiger partial charge in [-0.05, 0) is 42.5 Å². The molecular weight excluding hydrogens is 412 g/mol. The van der Waals surface area contributed by atoms with E-state index in [2.05, 4.69) is 15.3 Å². The van der Waals surface area contributed by atoms with Gasteiger partial charge in [0.25, 0.3) is 5.91 Å². The van der Waals surface area contributed by atoms with Crippen LogP contribution in [0.1, 0.15) is 10.4 Å². The van der Waals surface area contributed by atoms with Crippen LogP contribution in [0.4, 0.5) is 5.69 Å². The highest BCUT2D eigenvalue weighted by molar-refractivity contribution is 7.89. The highest BCUT2D eigenvalue weighted by Crippen LogP contribution is 2.26. The number of sulfonamides is 1. The van der Waals surface area contributed by atoms with E-state index in [1.54, 1.807) is 30.6 Å². The van der Waals surface area contributed by atoms with Crippen molar-refractivity contribution < 1.29 is 13.2 Å². The molecule has 0 saturated carbocycles. The Morgan fingerprint density at radius 2 is 1.68 bits per heavy atom. The molecule has 0 spiro atoms. The van der Waals surface area contributed by atoms with E-state index in [0.29, 0.717) is 27.8 Å². The van der Waals surface area contributed by atoms with Gasteiger partial charge in [-0.25, -0.2) is 17.7 Å². The molecule has 0 aliphatic carbocycles. The number of anilines is 1. The second kappa shape index (κ2) is 8.25. The number of nitrogens with one attached hydrogen (secondary N) is 1. The van der Waals surface area contributed by atoms with Crippen molar-refractivity contribution >= 4 is 32.5 Å². The lowest BCUT2D eigenvalue weighted by Gasteiger charge is -2.13. The zero-order valence-corrected chi connectivity index (χ0v) is 17.8. The third kappa shape index (κ3) is 4.16. The molecule has 156 valence electrons. The predicted molar refractivity (Wildman–Crippen MR) is 120 cm³/mol. The van der Waals surface area contributed by atoms with Gasteiger partial charge in [0.2, 0.25) is 10.0 Å². The first-order valence-electron chi connectivity index (χ1n) is 9.50. The largest absolute Gasteiger partial charge is 0.322 e. The molecule has 0 atom stereocenters. The molecule has 4 rings (SSSR count). The Labute approximate surface area is 180 Å². The maximum atomic E-state index is 13.2. The summed E-state index contributed by atoms with van der Waals surface area (Å²) in [4.78, 5) is 22.0. The molecule has 31 heavy (non-hydrogen) atoms. The second-order valence-electron chi connectivity index (χ2n) is 7.08. The van der Waals surface area contributed by atoms with Crippen molar-refractivity contribution in [3.05, 3.63) is 84.7 Å². The number of rotatable bonds is 5. The molecule has 4 aromatic rings. The molecule has 2 heterocycles. The van der Waals surface area contributed by atoms with Gasteiger partial charge in [0.15, 0.2) is 0 Å². The van der Waals surface area contributed by atoms with Crippen LogP contribution < -0.4 is 5.32 Å². The number of nitrogens with zero attached hydrogens (tertiary/aromatic N) is 3. The van der Waals surface area contributed by atoms with E-state index in [0.717, 1.165) is 9.87 Å². The van der Waals surface area contributed by atoms with Crippen LogP contribution in [0.15, 0.2) is 84.0 Å². The first kappa shape index (κ1) is 20.6. The molecule has 0 aliphatic heterocycles. The Kier molecular flexibility index (Phi) is 5.50. The van der Waals surface area contributed by atoms with Crippen molar-refractivity contribution in [3.8, 4) is 11.3 Å². The fourth-order valence-electron chi connectivity index (χ4n) is 3.18. The van der Waals surface area contributed by atoms with E-state index < -0.39 is 10.0 Å². The van der Waals surface area contributed by atoms with Crippen LogP contribution in [-0.2, 0) is 10.0 Å².